The summed E-state index contributed by atoms with van der Waals surface area (Å²) in [6.45, 7) is 4.18. The molecule has 4 rings (SSSR count). The van der Waals surface area contributed by atoms with Crippen LogP contribution in [0.4, 0.5) is 5.69 Å². The van der Waals surface area contributed by atoms with Crippen molar-refractivity contribution in [3.8, 4) is 11.3 Å². The molecule has 7 nitrogen and oxygen atoms in total. The van der Waals surface area contributed by atoms with Gasteiger partial charge in [0, 0.05) is 29.8 Å². The number of imidazole rings is 1. The van der Waals surface area contributed by atoms with Crippen LogP contribution in [0.1, 0.15) is 55.7 Å². The van der Waals surface area contributed by atoms with E-state index in [-0.39, 0.29) is 23.8 Å². The highest BCUT2D eigenvalue weighted by Crippen LogP contribution is 2.30. The lowest BCUT2D eigenvalue weighted by atomic mass is 9.81. The summed E-state index contributed by atoms with van der Waals surface area (Å²) in [5, 5.41) is 6.08. The van der Waals surface area contributed by atoms with Crippen molar-refractivity contribution < 1.29 is 9.59 Å². The van der Waals surface area contributed by atoms with Crippen LogP contribution in [-0.2, 0) is 16.0 Å². The third kappa shape index (κ3) is 6.36. The minimum atomic E-state index is -0.261. The third-order valence-corrected chi connectivity index (χ3v) is 6.86. The fourth-order valence-corrected chi connectivity index (χ4v) is 4.86. The standard InChI is InChI=1S/C28H35N5O2/c1-18-26(22-12-14-24(15-13-22)31-19(2)34)33-27(30-18)25(16-20-6-4-3-5-7-20)32-28(35)23-10-8-21(17-29)9-11-23/h3-7,12-15,21,23,25H,8-11,16-17,29H2,1-2H3,(H,30,33)(H,31,34)(H,32,35)/t21?,23?,25-/m0/s1. The van der Waals surface area contributed by atoms with E-state index in [0.717, 1.165) is 59.7 Å². The Hall–Kier alpha value is -3.45. The second-order valence-corrected chi connectivity index (χ2v) is 9.56. The second kappa shape index (κ2) is 11.3. The molecule has 0 aliphatic heterocycles. The predicted molar refractivity (Wildman–Crippen MR) is 139 cm³/mol. The van der Waals surface area contributed by atoms with Crippen molar-refractivity contribution in [3.63, 3.8) is 0 Å². The number of nitrogens with one attached hydrogen (secondary N) is 3. The van der Waals surface area contributed by atoms with Gasteiger partial charge >= 0.3 is 0 Å². The molecule has 1 saturated carbocycles. The number of rotatable bonds is 8. The zero-order valence-electron chi connectivity index (χ0n) is 20.5. The van der Waals surface area contributed by atoms with Crippen molar-refractivity contribution in [2.75, 3.05) is 11.9 Å². The van der Waals surface area contributed by atoms with Gasteiger partial charge in [-0.25, -0.2) is 4.98 Å². The van der Waals surface area contributed by atoms with Crippen molar-refractivity contribution >= 4 is 17.5 Å². The van der Waals surface area contributed by atoms with Gasteiger partial charge < -0.3 is 21.4 Å². The second-order valence-electron chi connectivity index (χ2n) is 9.56. The Morgan fingerprint density at radius 3 is 2.37 bits per heavy atom. The van der Waals surface area contributed by atoms with Gasteiger partial charge in [0.25, 0.3) is 0 Å². The van der Waals surface area contributed by atoms with E-state index in [1.807, 2.05) is 49.4 Å². The van der Waals surface area contributed by atoms with Crippen molar-refractivity contribution in [2.24, 2.45) is 17.6 Å². The zero-order valence-corrected chi connectivity index (χ0v) is 20.5. The van der Waals surface area contributed by atoms with Crippen molar-refractivity contribution in [1.29, 1.82) is 0 Å². The molecule has 0 bridgehead atoms. The van der Waals surface area contributed by atoms with E-state index >= 15 is 0 Å². The van der Waals surface area contributed by atoms with Crippen molar-refractivity contribution in [3.05, 3.63) is 71.7 Å². The first-order chi connectivity index (χ1) is 16.9. The molecule has 35 heavy (non-hydrogen) atoms. The lowest BCUT2D eigenvalue weighted by Crippen LogP contribution is -2.37. The summed E-state index contributed by atoms with van der Waals surface area (Å²) in [6.07, 6.45) is 4.44. The van der Waals surface area contributed by atoms with Gasteiger partial charge in [0.05, 0.1) is 11.7 Å². The molecule has 184 valence electrons. The monoisotopic (exact) mass is 473 g/mol. The molecule has 1 aliphatic carbocycles. The molecule has 2 amide bonds. The van der Waals surface area contributed by atoms with Crippen molar-refractivity contribution in [2.45, 2.75) is 52.0 Å². The van der Waals surface area contributed by atoms with Gasteiger partial charge in [0.1, 0.15) is 5.82 Å². The Bertz CT molecular complexity index is 1130. The van der Waals surface area contributed by atoms with Crippen LogP contribution in [0.2, 0.25) is 0 Å². The molecule has 1 heterocycles. The smallest absolute Gasteiger partial charge is 0.223 e. The summed E-state index contributed by atoms with van der Waals surface area (Å²) >= 11 is 0. The van der Waals surface area contributed by atoms with Gasteiger partial charge in [-0.1, -0.05) is 42.5 Å². The van der Waals surface area contributed by atoms with E-state index in [4.69, 9.17) is 10.7 Å². The Morgan fingerprint density at radius 1 is 1.06 bits per heavy atom. The maximum Gasteiger partial charge on any atom is 0.223 e. The van der Waals surface area contributed by atoms with E-state index in [9.17, 15) is 9.59 Å². The fourth-order valence-electron chi connectivity index (χ4n) is 4.86. The summed E-state index contributed by atoms with van der Waals surface area (Å²) in [5.41, 5.74) is 10.4. The van der Waals surface area contributed by atoms with Crippen LogP contribution in [0.3, 0.4) is 0 Å². The normalized spacial score (nSPS) is 18.6. The number of aromatic nitrogens is 2. The molecule has 0 radical (unpaired) electrons. The fraction of sp³-hybridized carbons (Fsp3) is 0.393. The highest BCUT2D eigenvalue weighted by atomic mass is 16.2. The average Bonchev–Trinajstić information content (AvgIpc) is 3.26. The molecule has 0 saturated heterocycles. The molecule has 2 aromatic carbocycles. The first-order valence-corrected chi connectivity index (χ1v) is 12.4. The number of carbonyl (C=O) groups is 2. The quantitative estimate of drug-likeness (QED) is 0.385. The molecule has 1 fully saturated rings. The average molecular weight is 474 g/mol. The highest BCUT2D eigenvalue weighted by molar-refractivity contribution is 5.89. The number of aromatic amines is 1. The summed E-state index contributed by atoms with van der Waals surface area (Å²) in [4.78, 5) is 32.9. The first-order valence-electron chi connectivity index (χ1n) is 12.4. The first kappa shape index (κ1) is 24.7. The SMILES string of the molecule is CC(=O)Nc1ccc(-c2nc([C@H](Cc3ccccc3)NC(=O)C3CCC(CN)CC3)[nH]c2C)cc1. The van der Waals surface area contributed by atoms with Gasteiger partial charge in [0.15, 0.2) is 0 Å². The third-order valence-electron chi connectivity index (χ3n) is 6.86. The van der Waals surface area contributed by atoms with Crippen LogP contribution < -0.4 is 16.4 Å². The predicted octanol–water partition coefficient (Wildman–Crippen LogP) is 4.51. The van der Waals surface area contributed by atoms with E-state index in [2.05, 4.69) is 27.8 Å². The van der Waals surface area contributed by atoms with Gasteiger partial charge in [-0.3, -0.25) is 9.59 Å². The van der Waals surface area contributed by atoms with Crippen LogP contribution >= 0.6 is 0 Å². The number of anilines is 1. The molecule has 1 aliphatic rings. The number of carbonyl (C=O) groups excluding carboxylic acids is 2. The molecular formula is C28H35N5O2. The Labute approximate surface area is 206 Å². The molecule has 7 heteroatoms. The number of hydrogen-bond acceptors (Lipinski definition) is 4. The number of hydrogen-bond donors (Lipinski definition) is 4. The summed E-state index contributed by atoms with van der Waals surface area (Å²) in [6, 6.07) is 17.5. The lowest BCUT2D eigenvalue weighted by molar-refractivity contribution is -0.127. The van der Waals surface area contributed by atoms with Crippen LogP contribution in [0.25, 0.3) is 11.3 Å². The van der Waals surface area contributed by atoms with Crippen molar-refractivity contribution in [1.82, 2.24) is 15.3 Å². The van der Waals surface area contributed by atoms with E-state index in [1.54, 1.807) is 0 Å². The number of H-pyrrole nitrogens is 1. The van der Waals surface area contributed by atoms with E-state index in [1.165, 1.54) is 6.92 Å². The lowest BCUT2D eigenvalue weighted by Gasteiger charge is -2.28. The molecule has 5 N–H and O–H groups in total. The highest BCUT2D eigenvalue weighted by Gasteiger charge is 2.28. The summed E-state index contributed by atoms with van der Waals surface area (Å²) < 4.78 is 0. The van der Waals surface area contributed by atoms with Gasteiger partial charge in [-0.05, 0) is 69.2 Å². The number of benzene rings is 2. The van der Waals surface area contributed by atoms with Crippen LogP contribution in [0, 0.1) is 18.8 Å². The molecule has 1 aromatic heterocycles. The maximum atomic E-state index is 13.2. The summed E-state index contributed by atoms with van der Waals surface area (Å²) in [7, 11) is 0. The largest absolute Gasteiger partial charge is 0.346 e. The number of nitrogens with zero attached hydrogens (tertiary/aromatic N) is 1. The number of aryl methyl sites for hydroxylation is 1. The Balaban J connectivity index is 1.55. The number of nitrogens with two attached hydrogens (primary N) is 1. The van der Waals surface area contributed by atoms with Crippen LogP contribution in [-0.4, -0.2) is 28.3 Å². The van der Waals surface area contributed by atoms with E-state index < -0.39 is 0 Å². The number of amides is 2. The molecule has 3 aromatic rings. The van der Waals surface area contributed by atoms with E-state index in [0.29, 0.717) is 18.9 Å². The molecule has 0 unspecified atom stereocenters. The summed E-state index contributed by atoms with van der Waals surface area (Å²) in [5.74, 6) is 1.29. The Kier molecular flexibility index (Phi) is 7.98. The minimum Gasteiger partial charge on any atom is -0.346 e. The molecular weight excluding hydrogens is 438 g/mol. The van der Waals surface area contributed by atoms with Gasteiger partial charge in [0.2, 0.25) is 11.8 Å². The van der Waals surface area contributed by atoms with Crippen LogP contribution in [0.15, 0.2) is 54.6 Å². The topological polar surface area (TPSA) is 113 Å². The minimum absolute atomic E-state index is 0.0212. The Morgan fingerprint density at radius 2 is 1.74 bits per heavy atom. The zero-order chi connectivity index (χ0) is 24.8. The van der Waals surface area contributed by atoms with Gasteiger partial charge in [-0.2, -0.15) is 0 Å². The molecule has 0 spiro atoms. The maximum absolute atomic E-state index is 13.2. The molecule has 1 atom stereocenters. The van der Waals surface area contributed by atoms with Gasteiger partial charge in [-0.15, -0.1) is 0 Å². The van der Waals surface area contributed by atoms with Crippen LogP contribution in [0.5, 0.6) is 0 Å².